The standard InChI is InChI=1S/C27H19F3O4/c1-32-20-10-7-17(8-11-20)21-12-14-24(26(30)25(21)29)34-27(31)18-5-3-16(4-6-18)19-9-13-23(33-2)22(28)15-19/h3-15H,1-2H3. The average molecular weight is 464 g/mol. The molecule has 34 heavy (non-hydrogen) atoms. The van der Waals surface area contributed by atoms with E-state index in [4.69, 9.17) is 14.2 Å². The van der Waals surface area contributed by atoms with E-state index in [1.807, 2.05) is 0 Å². The molecule has 4 aromatic rings. The van der Waals surface area contributed by atoms with Crippen LogP contribution in [0.15, 0.2) is 78.9 Å². The molecule has 4 nitrogen and oxygen atoms in total. The maximum Gasteiger partial charge on any atom is 0.343 e. The Balaban J connectivity index is 1.52. The lowest BCUT2D eigenvalue weighted by Gasteiger charge is -2.10. The lowest BCUT2D eigenvalue weighted by Crippen LogP contribution is -2.10. The molecule has 0 aliphatic carbocycles. The summed E-state index contributed by atoms with van der Waals surface area (Å²) >= 11 is 0. The van der Waals surface area contributed by atoms with Gasteiger partial charge in [0, 0.05) is 5.56 Å². The summed E-state index contributed by atoms with van der Waals surface area (Å²) in [5, 5.41) is 0. The van der Waals surface area contributed by atoms with Crippen molar-refractivity contribution in [1.82, 2.24) is 0 Å². The first-order valence-electron chi connectivity index (χ1n) is 10.2. The zero-order valence-corrected chi connectivity index (χ0v) is 18.3. The van der Waals surface area contributed by atoms with Gasteiger partial charge in [-0.2, -0.15) is 4.39 Å². The Bertz CT molecular complexity index is 1330. The Kier molecular flexibility index (Phi) is 6.54. The molecule has 0 N–H and O–H groups in total. The van der Waals surface area contributed by atoms with Crippen LogP contribution < -0.4 is 14.2 Å². The number of ether oxygens (including phenoxy) is 3. The first-order valence-corrected chi connectivity index (χ1v) is 10.2. The number of benzene rings is 4. The van der Waals surface area contributed by atoms with Gasteiger partial charge in [-0.25, -0.2) is 13.6 Å². The maximum absolute atomic E-state index is 14.7. The third-order valence-corrected chi connectivity index (χ3v) is 5.26. The van der Waals surface area contributed by atoms with Gasteiger partial charge in [0.25, 0.3) is 0 Å². The number of hydrogen-bond acceptors (Lipinski definition) is 4. The largest absolute Gasteiger partial charge is 0.497 e. The van der Waals surface area contributed by atoms with Crippen LogP contribution >= 0.6 is 0 Å². The van der Waals surface area contributed by atoms with E-state index >= 15 is 0 Å². The zero-order valence-electron chi connectivity index (χ0n) is 18.3. The fraction of sp³-hybridized carbons (Fsp3) is 0.0741. The molecule has 0 radical (unpaired) electrons. The predicted molar refractivity (Wildman–Crippen MR) is 122 cm³/mol. The SMILES string of the molecule is COc1ccc(-c2ccc(OC(=O)c3ccc(-c4ccc(OC)c(F)c4)cc3)c(F)c2F)cc1. The minimum Gasteiger partial charge on any atom is -0.497 e. The van der Waals surface area contributed by atoms with E-state index in [1.165, 1.54) is 50.6 Å². The molecular formula is C27H19F3O4. The minimum absolute atomic E-state index is 0.0241. The number of carbonyl (C=O) groups excluding carboxylic acids is 1. The van der Waals surface area contributed by atoms with Crippen molar-refractivity contribution in [2.24, 2.45) is 0 Å². The van der Waals surface area contributed by atoms with Gasteiger partial charge in [-0.15, -0.1) is 0 Å². The van der Waals surface area contributed by atoms with Gasteiger partial charge < -0.3 is 14.2 Å². The molecule has 0 spiro atoms. The Morgan fingerprint density at radius 2 is 1.26 bits per heavy atom. The summed E-state index contributed by atoms with van der Waals surface area (Å²) in [4.78, 5) is 12.5. The highest BCUT2D eigenvalue weighted by molar-refractivity contribution is 5.91. The van der Waals surface area contributed by atoms with Crippen molar-refractivity contribution in [2.75, 3.05) is 14.2 Å². The van der Waals surface area contributed by atoms with E-state index in [1.54, 1.807) is 42.5 Å². The molecule has 0 amide bonds. The first kappa shape index (κ1) is 22.9. The molecule has 0 saturated carbocycles. The van der Waals surface area contributed by atoms with Crippen molar-refractivity contribution < 1.29 is 32.2 Å². The molecular weight excluding hydrogens is 445 g/mol. The van der Waals surface area contributed by atoms with Gasteiger partial charge in [0.1, 0.15) is 5.75 Å². The van der Waals surface area contributed by atoms with Gasteiger partial charge >= 0.3 is 5.97 Å². The minimum atomic E-state index is -1.27. The summed E-state index contributed by atoms with van der Waals surface area (Å²) in [5.41, 5.74) is 1.83. The maximum atomic E-state index is 14.7. The highest BCUT2D eigenvalue weighted by Crippen LogP contribution is 2.31. The molecule has 0 unspecified atom stereocenters. The average Bonchev–Trinajstić information content (AvgIpc) is 2.87. The van der Waals surface area contributed by atoms with Crippen LogP contribution in [0.5, 0.6) is 17.2 Å². The van der Waals surface area contributed by atoms with Crippen LogP contribution in [-0.2, 0) is 0 Å². The molecule has 0 aliphatic heterocycles. The second-order valence-electron chi connectivity index (χ2n) is 7.28. The number of methoxy groups -OCH3 is 2. The molecule has 0 bridgehead atoms. The van der Waals surface area contributed by atoms with Gasteiger partial charge in [-0.1, -0.05) is 30.3 Å². The molecule has 4 aromatic carbocycles. The molecule has 0 fully saturated rings. The molecule has 7 heteroatoms. The topological polar surface area (TPSA) is 44.8 Å². The molecule has 0 heterocycles. The molecule has 4 rings (SSSR count). The van der Waals surface area contributed by atoms with Crippen molar-refractivity contribution in [3.63, 3.8) is 0 Å². The quantitative estimate of drug-likeness (QED) is 0.236. The van der Waals surface area contributed by atoms with E-state index in [2.05, 4.69) is 0 Å². The van der Waals surface area contributed by atoms with Crippen LogP contribution in [0.2, 0.25) is 0 Å². The Labute approximate surface area is 194 Å². The Morgan fingerprint density at radius 3 is 1.88 bits per heavy atom. The van der Waals surface area contributed by atoms with Crippen LogP contribution in [-0.4, -0.2) is 20.2 Å². The smallest absolute Gasteiger partial charge is 0.343 e. The van der Waals surface area contributed by atoms with Gasteiger partial charge in [0.15, 0.2) is 23.1 Å². The fourth-order valence-electron chi connectivity index (χ4n) is 3.41. The number of halogens is 3. The molecule has 0 saturated heterocycles. The van der Waals surface area contributed by atoms with Crippen molar-refractivity contribution >= 4 is 5.97 Å². The van der Waals surface area contributed by atoms with Gasteiger partial charge in [0.05, 0.1) is 19.8 Å². The van der Waals surface area contributed by atoms with E-state index in [0.29, 0.717) is 22.4 Å². The number of rotatable bonds is 6. The Hall–Kier alpha value is -4.26. The van der Waals surface area contributed by atoms with Crippen molar-refractivity contribution in [3.05, 3.63) is 102 Å². The lowest BCUT2D eigenvalue weighted by atomic mass is 10.0. The Morgan fingerprint density at radius 1 is 0.647 bits per heavy atom. The van der Waals surface area contributed by atoms with E-state index < -0.39 is 29.2 Å². The van der Waals surface area contributed by atoms with Crippen LogP contribution in [0.1, 0.15) is 10.4 Å². The highest BCUT2D eigenvalue weighted by atomic mass is 19.2. The normalized spacial score (nSPS) is 10.6. The fourth-order valence-corrected chi connectivity index (χ4v) is 3.41. The second kappa shape index (κ2) is 9.70. The summed E-state index contributed by atoms with van der Waals surface area (Å²) in [5.74, 6) is -3.60. The monoisotopic (exact) mass is 464 g/mol. The summed E-state index contributed by atoms with van der Waals surface area (Å²) < 4.78 is 58.3. The zero-order chi connectivity index (χ0) is 24.2. The highest BCUT2D eigenvalue weighted by Gasteiger charge is 2.19. The molecule has 172 valence electrons. The second-order valence-corrected chi connectivity index (χ2v) is 7.28. The first-order chi connectivity index (χ1) is 16.4. The van der Waals surface area contributed by atoms with E-state index in [0.717, 1.165) is 0 Å². The van der Waals surface area contributed by atoms with Crippen LogP contribution in [0.3, 0.4) is 0 Å². The van der Waals surface area contributed by atoms with Gasteiger partial charge in [-0.05, 0) is 65.2 Å². The summed E-state index contributed by atoms with van der Waals surface area (Å²) in [6.07, 6.45) is 0. The molecule has 0 atom stereocenters. The van der Waals surface area contributed by atoms with E-state index in [9.17, 15) is 18.0 Å². The third kappa shape index (κ3) is 4.59. The van der Waals surface area contributed by atoms with Crippen LogP contribution in [0.25, 0.3) is 22.3 Å². The molecule has 0 aromatic heterocycles. The molecule has 0 aliphatic rings. The van der Waals surface area contributed by atoms with Crippen LogP contribution in [0.4, 0.5) is 13.2 Å². The van der Waals surface area contributed by atoms with Crippen molar-refractivity contribution in [3.8, 4) is 39.5 Å². The van der Waals surface area contributed by atoms with Crippen molar-refractivity contribution in [2.45, 2.75) is 0 Å². The summed E-state index contributed by atoms with van der Waals surface area (Å²) in [7, 11) is 2.88. The predicted octanol–water partition coefficient (Wildman–Crippen LogP) is 6.67. The number of hydrogen-bond donors (Lipinski definition) is 0. The van der Waals surface area contributed by atoms with Crippen LogP contribution in [0, 0.1) is 17.5 Å². The lowest BCUT2D eigenvalue weighted by molar-refractivity contribution is 0.0727. The summed E-state index contributed by atoms with van der Waals surface area (Å²) in [6.45, 7) is 0. The third-order valence-electron chi connectivity index (χ3n) is 5.26. The summed E-state index contributed by atoms with van der Waals surface area (Å²) in [6, 6.07) is 19.6. The number of esters is 1. The van der Waals surface area contributed by atoms with Gasteiger partial charge in [-0.3, -0.25) is 0 Å². The number of carbonyl (C=O) groups is 1. The van der Waals surface area contributed by atoms with E-state index in [-0.39, 0.29) is 16.9 Å². The van der Waals surface area contributed by atoms with Crippen molar-refractivity contribution in [1.29, 1.82) is 0 Å². The van der Waals surface area contributed by atoms with Gasteiger partial charge in [0.2, 0.25) is 5.82 Å².